The first kappa shape index (κ1) is 11.7. The van der Waals surface area contributed by atoms with Gasteiger partial charge in [-0.15, -0.1) is 21.8 Å². The number of rotatable bonds is 3. The van der Waals surface area contributed by atoms with Crippen molar-refractivity contribution in [1.29, 1.82) is 0 Å². The predicted octanol–water partition coefficient (Wildman–Crippen LogP) is 2.33. The monoisotopic (exact) mass is 265 g/mol. The molecule has 96 valence electrons. The molecule has 1 aliphatic rings. The number of anilines is 1. The molecule has 1 aliphatic carbocycles. The quantitative estimate of drug-likeness (QED) is 0.866. The van der Waals surface area contributed by atoms with E-state index in [0.717, 1.165) is 30.9 Å². The summed E-state index contributed by atoms with van der Waals surface area (Å²) in [7, 11) is 0. The van der Waals surface area contributed by atoms with Crippen molar-refractivity contribution < 1.29 is 0 Å². The molecule has 0 aliphatic heterocycles. The largest absolute Gasteiger partial charge is 0.367 e. The van der Waals surface area contributed by atoms with Gasteiger partial charge in [0.05, 0.1) is 0 Å². The zero-order valence-corrected chi connectivity index (χ0v) is 10.8. The smallest absolute Gasteiger partial charge is 0.203 e. The minimum Gasteiger partial charge on any atom is -0.367 e. The number of hydrogen-bond donors (Lipinski definition) is 1. The van der Waals surface area contributed by atoms with Gasteiger partial charge in [-0.05, 0) is 25.2 Å². The van der Waals surface area contributed by atoms with Gasteiger partial charge in [-0.25, -0.2) is 4.98 Å². The number of alkyl halides is 1. The molecule has 0 aromatic carbocycles. The van der Waals surface area contributed by atoms with Gasteiger partial charge in [-0.2, -0.15) is 0 Å². The van der Waals surface area contributed by atoms with E-state index < -0.39 is 0 Å². The molecule has 0 amide bonds. The Bertz CT molecular complexity index is 526. The first-order chi connectivity index (χ1) is 8.83. The molecule has 18 heavy (non-hydrogen) atoms. The highest BCUT2D eigenvalue weighted by Crippen LogP contribution is 2.28. The fourth-order valence-electron chi connectivity index (χ4n) is 2.54. The molecule has 1 N–H and O–H groups in total. The molecule has 1 saturated carbocycles. The number of halogens is 1. The lowest BCUT2D eigenvalue weighted by molar-refractivity contribution is 0.378. The van der Waals surface area contributed by atoms with Gasteiger partial charge in [0, 0.05) is 24.3 Å². The molecule has 2 heterocycles. The average Bonchev–Trinajstić information content (AvgIpc) is 2.85. The number of nitrogens with one attached hydrogen (secondary N) is 1. The minimum atomic E-state index is 0.336. The summed E-state index contributed by atoms with van der Waals surface area (Å²) in [4.78, 5) is 4.32. The summed E-state index contributed by atoms with van der Waals surface area (Å²) in [6, 6.07) is 0. The molecule has 2 aromatic rings. The van der Waals surface area contributed by atoms with Gasteiger partial charge in [0.1, 0.15) is 6.33 Å². The topological polar surface area (TPSA) is 55.1 Å². The van der Waals surface area contributed by atoms with Gasteiger partial charge in [0.15, 0.2) is 5.82 Å². The van der Waals surface area contributed by atoms with E-state index in [1.54, 1.807) is 12.5 Å². The zero-order chi connectivity index (χ0) is 12.4. The molecule has 2 atom stereocenters. The molecule has 2 unspecified atom stereocenters. The molecule has 0 radical (unpaired) electrons. The van der Waals surface area contributed by atoms with Crippen LogP contribution in [0, 0.1) is 5.92 Å². The van der Waals surface area contributed by atoms with Gasteiger partial charge in [-0.3, -0.25) is 4.40 Å². The van der Waals surface area contributed by atoms with Crippen molar-refractivity contribution in [3.63, 3.8) is 0 Å². The van der Waals surface area contributed by atoms with Crippen molar-refractivity contribution in [1.82, 2.24) is 19.6 Å². The predicted molar refractivity (Wildman–Crippen MR) is 70.9 cm³/mol. The molecular weight excluding hydrogens is 250 g/mol. The van der Waals surface area contributed by atoms with Crippen molar-refractivity contribution in [2.24, 2.45) is 5.92 Å². The average molecular weight is 266 g/mol. The van der Waals surface area contributed by atoms with Gasteiger partial charge >= 0.3 is 0 Å². The van der Waals surface area contributed by atoms with E-state index in [-0.39, 0.29) is 0 Å². The number of nitrogens with zero attached hydrogens (tertiary/aromatic N) is 4. The first-order valence-corrected chi connectivity index (χ1v) is 6.79. The van der Waals surface area contributed by atoms with Crippen molar-refractivity contribution >= 4 is 23.1 Å². The van der Waals surface area contributed by atoms with Crippen molar-refractivity contribution in [2.45, 2.75) is 31.1 Å². The van der Waals surface area contributed by atoms with E-state index in [1.165, 1.54) is 12.8 Å². The third-order valence-corrected chi connectivity index (χ3v) is 3.89. The van der Waals surface area contributed by atoms with E-state index in [9.17, 15) is 0 Å². The Morgan fingerprint density at radius 2 is 2.39 bits per heavy atom. The van der Waals surface area contributed by atoms with Gasteiger partial charge in [-0.1, -0.05) is 6.42 Å². The maximum Gasteiger partial charge on any atom is 0.203 e. The van der Waals surface area contributed by atoms with Crippen LogP contribution < -0.4 is 5.32 Å². The summed E-state index contributed by atoms with van der Waals surface area (Å²) >= 11 is 6.20. The van der Waals surface area contributed by atoms with E-state index in [1.807, 2.05) is 10.6 Å². The molecule has 3 rings (SSSR count). The maximum absolute atomic E-state index is 6.20. The van der Waals surface area contributed by atoms with Crippen LogP contribution >= 0.6 is 11.6 Å². The Balaban J connectivity index is 1.67. The SMILES string of the molecule is ClC1CCCC(CNc2nccn3cnnc23)C1. The van der Waals surface area contributed by atoms with Crippen LogP contribution in [0.2, 0.25) is 0 Å². The highest BCUT2D eigenvalue weighted by Gasteiger charge is 2.20. The summed E-state index contributed by atoms with van der Waals surface area (Å²) in [6.07, 6.45) is 9.98. The standard InChI is InChI=1S/C12H16ClN5/c13-10-3-1-2-9(6-10)7-15-11-12-17-16-8-18(12)5-4-14-11/h4-5,8-10H,1-3,6-7H2,(H,14,15). The van der Waals surface area contributed by atoms with E-state index >= 15 is 0 Å². The van der Waals surface area contributed by atoms with Crippen LogP contribution in [0.1, 0.15) is 25.7 Å². The van der Waals surface area contributed by atoms with Crippen LogP contribution in [-0.2, 0) is 0 Å². The lowest BCUT2D eigenvalue weighted by atomic mass is 9.89. The van der Waals surface area contributed by atoms with E-state index in [4.69, 9.17) is 11.6 Å². The minimum absolute atomic E-state index is 0.336. The zero-order valence-electron chi connectivity index (χ0n) is 10.1. The van der Waals surface area contributed by atoms with E-state index in [2.05, 4.69) is 20.5 Å². The summed E-state index contributed by atoms with van der Waals surface area (Å²) in [5, 5.41) is 11.6. The third kappa shape index (κ3) is 2.41. The van der Waals surface area contributed by atoms with Crippen LogP contribution in [0.5, 0.6) is 0 Å². The van der Waals surface area contributed by atoms with Crippen molar-refractivity contribution in [3.05, 3.63) is 18.7 Å². The highest BCUT2D eigenvalue weighted by atomic mass is 35.5. The Kier molecular flexibility index (Phi) is 3.32. The van der Waals surface area contributed by atoms with Crippen LogP contribution in [0.15, 0.2) is 18.7 Å². The molecule has 1 fully saturated rings. The van der Waals surface area contributed by atoms with Gasteiger partial charge in [0.2, 0.25) is 5.65 Å². The van der Waals surface area contributed by atoms with Crippen LogP contribution in [0.25, 0.3) is 5.65 Å². The fraction of sp³-hybridized carbons (Fsp3) is 0.583. The van der Waals surface area contributed by atoms with E-state index in [0.29, 0.717) is 11.3 Å². The molecule has 0 saturated heterocycles. The normalized spacial score (nSPS) is 24.3. The van der Waals surface area contributed by atoms with Crippen LogP contribution in [0.3, 0.4) is 0 Å². The summed E-state index contributed by atoms with van der Waals surface area (Å²) in [6.45, 7) is 0.906. The Morgan fingerprint density at radius 1 is 1.44 bits per heavy atom. The van der Waals surface area contributed by atoms with Gasteiger partial charge in [0.25, 0.3) is 0 Å². The first-order valence-electron chi connectivity index (χ1n) is 6.35. The van der Waals surface area contributed by atoms with Gasteiger partial charge < -0.3 is 5.32 Å². The molecule has 5 nitrogen and oxygen atoms in total. The molecule has 0 bridgehead atoms. The Labute approximate surface area is 111 Å². The molecular formula is C12H16ClN5. The highest BCUT2D eigenvalue weighted by molar-refractivity contribution is 6.20. The number of hydrogen-bond acceptors (Lipinski definition) is 4. The second-order valence-corrected chi connectivity index (χ2v) is 5.47. The molecule has 0 spiro atoms. The maximum atomic E-state index is 6.20. The summed E-state index contributed by atoms with van der Waals surface area (Å²) in [5.74, 6) is 1.43. The second-order valence-electron chi connectivity index (χ2n) is 4.85. The Hall–Kier alpha value is -1.36. The number of fused-ring (bicyclic) bond motifs is 1. The lowest BCUT2D eigenvalue weighted by Crippen LogP contribution is -2.23. The Morgan fingerprint density at radius 3 is 3.28 bits per heavy atom. The van der Waals surface area contributed by atoms with Crippen molar-refractivity contribution in [2.75, 3.05) is 11.9 Å². The van der Waals surface area contributed by atoms with Crippen molar-refractivity contribution in [3.8, 4) is 0 Å². The number of aromatic nitrogens is 4. The summed E-state index contributed by atoms with van der Waals surface area (Å²) < 4.78 is 1.86. The molecule has 6 heteroatoms. The fourth-order valence-corrected chi connectivity index (χ4v) is 2.94. The summed E-state index contributed by atoms with van der Waals surface area (Å²) in [5.41, 5.74) is 0.774. The third-order valence-electron chi connectivity index (χ3n) is 3.49. The van der Waals surface area contributed by atoms with Crippen LogP contribution in [-0.4, -0.2) is 31.5 Å². The lowest BCUT2D eigenvalue weighted by Gasteiger charge is -2.25. The second kappa shape index (κ2) is 5.10. The molecule has 2 aromatic heterocycles. The van der Waals surface area contributed by atoms with Crippen LogP contribution in [0.4, 0.5) is 5.82 Å².